The first-order valence-electron chi connectivity index (χ1n) is 7.19. The summed E-state index contributed by atoms with van der Waals surface area (Å²) in [7, 11) is 0. The van der Waals surface area contributed by atoms with Crippen molar-refractivity contribution in [1.82, 2.24) is 4.90 Å². The molecule has 2 rings (SSSR count). The standard InChI is InChI=1S/C16H24ClNO/c1-13(2)18-10-3-8-16(19,9-11-18)12-14-4-6-15(17)7-5-14/h4-7,13,19H,3,8-12H2,1-2H3. The summed E-state index contributed by atoms with van der Waals surface area (Å²) < 4.78 is 0. The Balaban J connectivity index is 2.00. The molecule has 0 bridgehead atoms. The van der Waals surface area contributed by atoms with E-state index >= 15 is 0 Å². The van der Waals surface area contributed by atoms with Crippen LogP contribution in [-0.4, -0.2) is 34.7 Å². The number of aliphatic hydroxyl groups is 1. The van der Waals surface area contributed by atoms with Crippen LogP contribution in [0.25, 0.3) is 0 Å². The summed E-state index contributed by atoms with van der Waals surface area (Å²) in [5, 5.41) is 11.6. The molecule has 1 N–H and O–H groups in total. The summed E-state index contributed by atoms with van der Waals surface area (Å²) in [6, 6.07) is 8.41. The van der Waals surface area contributed by atoms with Gasteiger partial charge in [0.15, 0.2) is 0 Å². The number of hydrogen-bond donors (Lipinski definition) is 1. The van der Waals surface area contributed by atoms with Crippen molar-refractivity contribution in [3.05, 3.63) is 34.9 Å². The third kappa shape index (κ3) is 4.20. The Hall–Kier alpha value is -0.570. The Kier molecular flexibility index (Phi) is 4.88. The monoisotopic (exact) mass is 281 g/mol. The second kappa shape index (κ2) is 6.25. The molecule has 1 fully saturated rings. The molecule has 0 spiro atoms. The largest absolute Gasteiger partial charge is 0.389 e. The zero-order valence-corrected chi connectivity index (χ0v) is 12.7. The fourth-order valence-corrected chi connectivity index (χ4v) is 3.00. The van der Waals surface area contributed by atoms with Gasteiger partial charge >= 0.3 is 0 Å². The van der Waals surface area contributed by atoms with E-state index in [9.17, 15) is 5.11 Å². The fraction of sp³-hybridized carbons (Fsp3) is 0.625. The van der Waals surface area contributed by atoms with E-state index in [1.165, 1.54) is 5.56 Å². The van der Waals surface area contributed by atoms with Crippen molar-refractivity contribution in [2.75, 3.05) is 13.1 Å². The van der Waals surface area contributed by atoms with Crippen molar-refractivity contribution in [2.45, 2.75) is 51.2 Å². The number of rotatable bonds is 3. The fourth-order valence-electron chi connectivity index (χ4n) is 2.88. The van der Waals surface area contributed by atoms with Crippen molar-refractivity contribution in [1.29, 1.82) is 0 Å². The number of benzene rings is 1. The van der Waals surface area contributed by atoms with Crippen molar-refractivity contribution in [3.63, 3.8) is 0 Å². The Morgan fingerprint density at radius 1 is 1.21 bits per heavy atom. The van der Waals surface area contributed by atoms with Crippen LogP contribution < -0.4 is 0 Å². The molecule has 1 heterocycles. The van der Waals surface area contributed by atoms with Crippen LogP contribution in [0.2, 0.25) is 5.02 Å². The third-order valence-electron chi connectivity index (χ3n) is 4.13. The topological polar surface area (TPSA) is 23.5 Å². The average Bonchev–Trinajstić information content (AvgIpc) is 2.55. The number of likely N-dealkylation sites (tertiary alicyclic amines) is 1. The highest BCUT2D eigenvalue weighted by Crippen LogP contribution is 2.27. The summed E-state index contributed by atoms with van der Waals surface area (Å²) in [4.78, 5) is 2.46. The Morgan fingerprint density at radius 3 is 2.53 bits per heavy atom. The van der Waals surface area contributed by atoms with Crippen LogP contribution in [0.5, 0.6) is 0 Å². The van der Waals surface area contributed by atoms with Crippen LogP contribution in [0.4, 0.5) is 0 Å². The molecule has 1 aromatic rings. The lowest BCUT2D eigenvalue weighted by Crippen LogP contribution is -2.35. The van der Waals surface area contributed by atoms with Crippen LogP contribution in [0.1, 0.15) is 38.7 Å². The highest BCUT2D eigenvalue weighted by atomic mass is 35.5. The van der Waals surface area contributed by atoms with Crippen molar-refractivity contribution in [3.8, 4) is 0 Å². The van der Waals surface area contributed by atoms with Crippen LogP contribution in [0.3, 0.4) is 0 Å². The molecular weight excluding hydrogens is 258 g/mol. The van der Waals surface area contributed by atoms with Gasteiger partial charge in [-0.3, -0.25) is 0 Å². The van der Waals surface area contributed by atoms with Crippen LogP contribution in [0, 0.1) is 0 Å². The van der Waals surface area contributed by atoms with Crippen molar-refractivity contribution in [2.24, 2.45) is 0 Å². The van der Waals surface area contributed by atoms with E-state index in [-0.39, 0.29) is 0 Å². The van der Waals surface area contributed by atoms with Crippen molar-refractivity contribution >= 4 is 11.6 Å². The molecule has 2 nitrogen and oxygen atoms in total. The third-order valence-corrected chi connectivity index (χ3v) is 4.38. The lowest BCUT2D eigenvalue weighted by atomic mass is 9.88. The highest BCUT2D eigenvalue weighted by molar-refractivity contribution is 6.30. The molecule has 0 radical (unpaired) electrons. The van der Waals surface area contributed by atoms with E-state index in [1.807, 2.05) is 24.3 Å². The van der Waals surface area contributed by atoms with Gasteiger partial charge in [0.05, 0.1) is 5.60 Å². The second-order valence-electron chi connectivity index (χ2n) is 6.01. The van der Waals surface area contributed by atoms with Crippen LogP contribution in [0.15, 0.2) is 24.3 Å². The van der Waals surface area contributed by atoms with Gasteiger partial charge in [-0.15, -0.1) is 0 Å². The molecule has 19 heavy (non-hydrogen) atoms. The number of halogens is 1. The summed E-state index contributed by atoms with van der Waals surface area (Å²) in [6.07, 6.45) is 3.55. The van der Waals surface area contributed by atoms with Gasteiger partial charge < -0.3 is 10.0 Å². The van der Waals surface area contributed by atoms with E-state index < -0.39 is 5.60 Å². The summed E-state index contributed by atoms with van der Waals surface area (Å²) in [6.45, 7) is 6.54. The molecular formula is C16H24ClNO. The summed E-state index contributed by atoms with van der Waals surface area (Å²) >= 11 is 5.90. The number of hydrogen-bond acceptors (Lipinski definition) is 2. The molecule has 1 unspecified atom stereocenters. The van der Waals surface area contributed by atoms with E-state index in [0.717, 1.165) is 43.8 Å². The first-order valence-corrected chi connectivity index (χ1v) is 7.57. The maximum atomic E-state index is 10.8. The lowest BCUT2D eigenvalue weighted by molar-refractivity contribution is 0.0249. The molecule has 106 valence electrons. The quantitative estimate of drug-likeness (QED) is 0.916. The minimum atomic E-state index is -0.558. The van der Waals surface area contributed by atoms with Gasteiger partial charge in [0.2, 0.25) is 0 Å². The van der Waals surface area contributed by atoms with E-state index in [1.54, 1.807) is 0 Å². The zero-order valence-electron chi connectivity index (χ0n) is 11.9. The molecule has 0 saturated carbocycles. The Bertz CT molecular complexity index is 404. The van der Waals surface area contributed by atoms with Gasteiger partial charge in [0.25, 0.3) is 0 Å². The molecule has 1 atom stereocenters. The van der Waals surface area contributed by atoms with Gasteiger partial charge in [0.1, 0.15) is 0 Å². The summed E-state index contributed by atoms with van der Waals surface area (Å²) in [5.74, 6) is 0. The molecule has 3 heteroatoms. The molecule has 1 saturated heterocycles. The first-order chi connectivity index (χ1) is 8.98. The van der Waals surface area contributed by atoms with Crippen molar-refractivity contribution < 1.29 is 5.11 Å². The van der Waals surface area contributed by atoms with Gasteiger partial charge in [-0.2, -0.15) is 0 Å². The molecule has 0 aliphatic carbocycles. The van der Waals surface area contributed by atoms with Gasteiger partial charge in [-0.05, 0) is 57.4 Å². The SMILES string of the molecule is CC(C)N1CCCC(O)(Cc2ccc(Cl)cc2)CC1. The summed E-state index contributed by atoms with van der Waals surface area (Å²) in [5.41, 5.74) is 0.613. The molecule has 1 aliphatic rings. The Labute approximate surface area is 121 Å². The Morgan fingerprint density at radius 2 is 1.89 bits per heavy atom. The highest BCUT2D eigenvalue weighted by Gasteiger charge is 2.30. The predicted molar refractivity (Wildman–Crippen MR) is 80.7 cm³/mol. The van der Waals surface area contributed by atoms with Gasteiger partial charge in [0, 0.05) is 24.0 Å². The molecule has 0 amide bonds. The minimum Gasteiger partial charge on any atom is -0.389 e. The number of nitrogens with zero attached hydrogens (tertiary/aromatic N) is 1. The lowest BCUT2D eigenvalue weighted by Gasteiger charge is -2.28. The van der Waals surface area contributed by atoms with E-state index in [2.05, 4.69) is 18.7 Å². The minimum absolute atomic E-state index is 0.558. The maximum absolute atomic E-state index is 10.8. The predicted octanol–water partition coefficient (Wildman–Crippen LogP) is 3.51. The normalized spacial score (nSPS) is 25.5. The molecule has 1 aromatic carbocycles. The molecule has 1 aliphatic heterocycles. The van der Waals surface area contributed by atoms with Crippen LogP contribution in [-0.2, 0) is 6.42 Å². The van der Waals surface area contributed by atoms with Gasteiger partial charge in [-0.25, -0.2) is 0 Å². The second-order valence-corrected chi connectivity index (χ2v) is 6.45. The maximum Gasteiger partial charge on any atom is 0.0700 e. The average molecular weight is 282 g/mol. The van der Waals surface area contributed by atoms with Gasteiger partial charge in [-0.1, -0.05) is 23.7 Å². The zero-order chi connectivity index (χ0) is 13.9. The smallest absolute Gasteiger partial charge is 0.0700 e. The van der Waals surface area contributed by atoms with Crippen LogP contribution >= 0.6 is 11.6 Å². The van der Waals surface area contributed by atoms with E-state index in [4.69, 9.17) is 11.6 Å². The first kappa shape index (κ1) is 14.8. The van der Waals surface area contributed by atoms with E-state index in [0.29, 0.717) is 6.04 Å². The molecule has 0 aromatic heterocycles.